The topological polar surface area (TPSA) is 75.9 Å². The number of primary amides is 1. The highest BCUT2D eigenvalue weighted by molar-refractivity contribution is 7.98. The molecule has 0 aromatic rings. The fraction of sp³-hybridized carbons (Fsp3) is 0.846. The van der Waals surface area contributed by atoms with Crippen molar-refractivity contribution in [3.05, 3.63) is 0 Å². The molecule has 0 unspecified atom stereocenters. The van der Waals surface area contributed by atoms with Crippen molar-refractivity contribution in [3.8, 4) is 0 Å². The molecule has 2 atom stereocenters. The van der Waals surface area contributed by atoms with E-state index in [4.69, 9.17) is 10.5 Å². The second-order valence-electron chi connectivity index (χ2n) is 5.30. The molecule has 0 aliphatic carbocycles. The Morgan fingerprint density at radius 1 is 1.55 bits per heavy atom. The molecule has 0 aromatic heterocycles. The summed E-state index contributed by atoms with van der Waals surface area (Å²) in [5, 5.41) is 0. The van der Waals surface area contributed by atoms with Crippen molar-refractivity contribution in [2.45, 2.75) is 13.0 Å². The Labute approximate surface area is 125 Å². The summed E-state index contributed by atoms with van der Waals surface area (Å²) in [6.07, 6.45) is 1.95. The van der Waals surface area contributed by atoms with Crippen LogP contribution in [0.1, 0.15) is 6.92 Å². The number of rotatable bonds is 7. The number of carbonyl (C=O) groups excluding carboxylic acids is 2. The molecule has 2 amide bonds. The van der Waals surface area contributed by atoms with Crippen molar-refractivity contribution in [2.75, 3.05) is 51.8 Å². The van der Waals surface area contributed by atoms with Gasteiger partial charge in [0.25, 0.3) is 0 Å². The lowest BCUT2D eigenvalue weighted by molar-refractivity contribution is -0.142. The van der Waals surface area contributed by atoms with Crippen LogP contribution >= 0.6 is 11.8 Å². The summed E-state index contributed by atoms with van der Waals surface area (Å²) < 4.78 is 5.66. The second kappa shape index (κ2) is 8.49. The number of likely N-dealkylation sites (N-methyl/N-ethyl adjacent to an activating group) is 1. The van der Waals surface area contributed by atoms with Crippen LogP contribution < -0.4 is 5.73 Å². The fourth-order valence-corrected chi connectivity index (χ4v) is 2.98. The molecule has 0 aromatic carbocycles. The molecule has 1 aliphatic heterocycles. The van der Waals surface area contributed by atoms with Gasteiger partial charge in [-0.15, -0.1) is 0 Å². The molecule has 1 fully saturated rings. The van der Waals surface area contributed by atoms with Gasteiger partial charge in [0.2, 0.25) is 11.8 Å². The van der Waals surface area contributed by atoms with Crippen molar-refractivity contribution in [3.63, 3.8) is 0 Å². The maximum atomic E-state index is 12.3. The van der Waals surface area contributed by atoms with E-state index in [0.717, 1.165) is 5.75 Å². The van der Waals surface area contributed by atoms with Crippen LogP contribution in [0.3, 0.4) is 0 Å². The predicted molar refractivity (Wildman–Crippen MR) is 80.6 cm³/mol. The lowest BCUT2D eigenvalue weighted by Crippen LogP contribution is -2.51. The summed E-state index contributed by atoms with van der Waals surface area (Å²) in [5.41, 5.74) is 5.16. The smallest absolute Gasteiger partial charge is 0.231 e. The maximum Gasteiger partial charge on any atom is 0.231 e. The van der Waals surface area contributed by atoms with E-state index >= 15 is 0 Å². The summed E-state index contributed by atoms with van der Waals surface area (Å²) in [5.74, 6) is 0.699. The lowest BCUT2D eigenvalue weighted by atomic mass is 10.1. The SMILES string of the molecule is CSC[C@H](C)C(=O)N1CCO[C@@H](CN(C)CC(N)=O)C1. The molecular weight excluding hydrogens is 278 g/mol. The van der Waals surface area contributed by atoms with Gasteiger partial charge < -0.3 is 15.4 Å². The molecule has 1 rings (SSSR count). The van der Waals surface area contributed by atoms with E-state index in [9.17, 15) is 9.59 Å². The number of thioether (sulfide) groups is 1. The number of morpholine rings is 1. The minimum absolute atomic E-state index is 0.0344. The van der Waals surface area contributed by atoms with Crippen LogP contribution in [0.2, 0.25) is 0 Å². The molecule has 116 valence electrons. The van der Waals surface area contributed by atoms with Gasteiger partial charge in [-0.25, -0.2) is 0 Å². The summed E-state index contributed by atoms with van der Waals surface area (Å²) in [7, 11) is 1.82. The number of amides is 2. The fourth-order valence-electron chi connectivity index (χ4n) is 2.34. The molecule has 6 nitrogen and oxygen atoms in total. The first-order chi connectivity index (χ1) is 9.43. The summed E-state index contributed by atoms with van der Waals surface area (Å²) in [4.78, 5) is 26.8. The Bertz CT molecular complexity index is 341. The monoisotopic (exact) mass is 303 g/mol. The average Bonchev–Trinajstić information content (AvgIpc) is 2.37. The van der Waals surface area contributed by atoms with Crippen molar-refractivity contribution >= 4 is 23.6 Å². The van der Waals surface area contributed by atoms with Crippen LogP contribution in [0.4, 0.5) is 0 Å². The van der Waals surface area contributed by atoms with Gasteiger partial charge in [0, 0.05) is 31.3 Å². The van der Waals surface area contributed by atoms with Crippen molar-refractivity contribution in [1.29, 1.82) is 0 Å². The first kappa shape index (κ1) is 17.3. The Morgan fingerprint density at radius 2 is 2.25 bits per heavy atom. The Hall–Kier alpha value is -0.790. The van der Waals surface area contributed by atoms with Gasteiger partial charge in [-0.1, -0.05) is 6.92 Å². The first-order valence-corrected chi connectivity index (χ1v) is 8.19. The molecule has 1 heterocycles. The van der Waals surface area contributed by atoms with E-state index in [2.05, 4.69) is 0 Å². The highest BCUT2D eigenvalue weighted by atomic mass is 32.2. The van der Waals surface area contributed by atoms with Gasteiger partial charge in [0.1, 0.15) is 0 Å². The molecule has 20 heavy (non-hydrogen) atoms. The third-order valence-corrected chi connectivity index (χ3v) is 4.06. The minimum atomic E-state index is -0.357. The van der Waals surface area contributed by atoms with Gasteiger partial charge in [0.15, 0.2) is 0 Å². The first-order valence-electron chi connectivity index (χ1n) is 6.80. The highest BCUT2D eigenvalue weighted by Gasteiger charge is 2.27. The number of nitrogens with two attached hydrogens (primary N) is 1. The molecule has 0 spiro atoms. The van der Waals surface area contributed by atoms with E-state index < -0.39 is 0 Å². The van der Waals surface area contributed by atoms with E-state index in [1.807, 2.05) is 30.0 Å². The van der Waals surface area contributed by atoms with Crippen LogP contribution in [0.15, 0.2) is 0 Å². The predicted octanol–water partition coefficient (Wildman–Crippen LogP) is -0.370. The molecule has 0 saturated carbocycles. The Balaban J connectivity index is 2.45. The molecular formula is C13H25N3O3S. The molecule has 1 aliphatic rings. The van der Waals surface area contributed by atoms with E-state index in [1.54, 1.807) is 11.8 Å². The van der Waals surface area contributed by atoms with Gasteiger partial charge >= 0.3 is 0 Å². The maximum absolute atomic E-state index is 12.3. The van der Waals surface area contributed by atoms with E-state index in [1.165, 1.54) is 0 Å². The standard InChI is InChI=1S/C13H25N3O3S/c1-10(9-20-3)13(18)16-4-5-19-11(7-16)6-15(2)8-12(14)17/h10-11H,4-9H2,1-3H3,(H2,14,17)/t10-,11-/m0/s1. The van der Waals surface area contributed by atoms with Crippen LogP contribution in [0, 0.1) is 5.92 Å². The largest absolute Gasteiger partial charge is 0.373 e. The van der Waals surface area contributed by atoms with Crippen LogP contribution in [0.25, 0.3) is 0 Å². The third kappa shape index (κ3) is 5.68. The lowest BCUT2D eigenvalue weighted by Gasteiger charge is -2.35. The summed E-state index contributed by atoms with van der Waals surface area (Å²) in [6, 6.07) is 0. The highest BCUT2D eigenvalue weighted by Crippen LogP contribution is 2.13. The van der Waals surface area contributed by atoms with E-state index in [0.29, 0.717) is 26.2 Å². The van der Waals surface area contributed by atoms with Gasteiger partial charge in [-0.3, -0.25) is 14.5 Å². The van der Waals surface area contributed by atoms with Gasteiger partial charge in [-0.05, 0) is 13.3 Å². The zero-order valence-electron chi connectivity index (χ0n) is 12.5. The Kier molecular flexibility index (Phi) is 7.32. The minimum Gasteiger partial charge on any atom is -0.373 e. The quantitative estimate of drug-likeness (QED) is 0.694. The second-order valence-corrected chi connectivity index (χ2v) is 6.21. The number of hydrogen-bond donors (Lipinski definition) is 1. The molecule has 2 N–H and O–H groups in total. The normalized spacial score (nSPS) is 21.0. The molecule has 0 bridgehead atoms. The molecule has 1 saturated heterocycles. The average molecular weight is 303 g/mol. The zero-order valence-corrected chi connectivity index (χ0v) is 13.3. The Morgan fingerprint density at radius 3 is 2.85 bits per heavy atom. The number of carbonyl (C=O) groups is 2. The third-order valence-electron chi connectivity index (χ3n) is 3.23. The molecule has 7 heteroatoms. The van der Waals surface area contributed by atoms with Crippen LogP contribution in [-0.4, -0.2) is 79.6 Å². The van der Waals surface area contributed by atoms with Crippen LogP contribution in [0.5, 0.6) is 0 Å². The summed E-state index contributed by atoms with van der Waals surface area (Å²) >= 11 is 1.68. The van der Waals surface area contributed by atoms with Crippen molar-refractivity contribution in [2.24, 2.45) is 11.7 Å². The van der Waals surface area contributed by atoms with Crippen LogP contribution in [-0.2, 0) is 14.3 Å². The molecule has 0 radical (unpaired) electrons. The zero-order chi connectivity index (χ0) is 15.1. The number of hydrogen-bond acceptors (Lipinski definition) is 5. The van der Waals surface area contributed by atoms with Gasteiger partial charge in [0.05, 0.1) is 19.3 Å². The van der Waals surface area contributed by atoms with Crippen molar-refractivity contribution < 1.29 is 14.3 Å². The van der Waals surface area contributed by atoms with Gasteiger partial charge in [-0.2, -0.15) is 11.8 Å². The number of ether oxygens (including phenoxy) is 1. The summed E-state index contributed by atoms with van der Waals surface area (Å²) in [6.45, 7) is 4.55. The van der Waals surface area contributed by atoms with Crippen molar-refractivity contribution in [1.82, 2.24) is 9.80 Å². The van der Waals surface area contributed by atoms with E-state index in [-0.39, 0.29) is 30.4 Å². The number of nitrogens with zero attached hydrogens (tertiary/aromatic N) is 2.